The predicted octanol–water partition coefficient (Wildman–Crippen LogP) is 2.46. The minimum absolute atomic E-state index is 0.0961. The zero-order valence-corrected chi connectivity index (χ0v) is 12.0. The number of rotatable bonds is 6. The van der Waals surface area contributed by atoms with Crippen LogP contribution in [0.1, 0.15) is 43.1 Å². The van der Waals surface area contributed by atoms with Crippen LogP contribution in [0.2, 0.25) is 0 Å². The molecule has 0 bridgehead atoms. The van der Waals surface area contributed by atoms with Crippen molar-refractivity contribution in [1.82, 2.24) is 9.88 Å². The van der Waals surface area contributed by atoms with Crippen molar-refractivity contribution in [1.29, 1.82) is 0 Å². The van der Waals surface area contributed by atoms with Gasteiger partial charge in [0.15, 0.2) is 5.69 Å². The molecule has 2 heterocycles. The first-order valence-corrected chi connectivity index (χ1v) is 7.34. The molecule has 1 aliphatic rings. The Bertz CT molecular complexity index is 450. The molecule has 1 unspecified atom stereocenters. The van der Waals surface area contributed by atoms with Crippen LogP contribution in [0.3, 0.4) is 0 Å². The normalized spacial score (nSPS) is 19.8. The number of piperidine rings is 1. The summed E-state index contributed by atoms with van der Waals surface area (Å²) in [6, 6.07) is 4.19. The first-order valence-electron chi connectivity index (χ1n) is 7.34. The molecule has 1 aromatic rings. The van der Waals surface area contributed by atoms with Gasteiger partial charge in [-0.3, -0.25) is 0 Å². The van der Waals surface area contributed by atoms with Crippen molar-refractivity contribution in [2.24, 2.45) is 0 Å². The molecule has 110 valence electrons. The molecule has 5 nitrogen and oxygen atoms in total. The minimum Gasteiger partial charge on any atom is -0.476 e. The Hall–Kier alpha value is -1.62. The number of carboxylic acid groups (broad SMARTS) is 1. The number of aromatic nitrogens is 1. The Morgan fingerprint density at radius 1 is 1.55 bits per heavy atom. The van der Waals surface area contributed by atoms with Crippen molar-refractivity contribution >= 4 is 11.7 Å². The van der Waals surface area contributed by atoms with E-state index in [1.165, 1.54) is 32.0 Å². The van der Waals surface area contributed by atoms with Gasteiger partial charge in [0, 0.05) is 25.3 Å². The van der Waals surface area contributed by atoms with E-state index >= 15 is 0 Å². The topological polar surface area (TPSA) is 65.5 Å². The van der Waals surface area contributed by atoms with Gasteiger partial charge < -0.3 is 15.3 Å². The third-order valence-electron chi connectivity index (χ3n) is 3.89. The number of carboxylic acids is 1. The van der Waals surface area contributed by atoms with E-state index in [-0.39, 0.29) is 5.69 Å². The molecular weight excluding hydrogens is 254 g/mol. The molecule has 0 radical (unpaired) electrons. The number of likely N-dealkylation sites (tertiary alicyclic amines) is 1. The van der Waals surface area contributed by atoms with Crippen LogP contribution in [-0.2, 0) is 0 Å². The first kappa shape index (κ1) is 14.8. The second-order valence-corrected chi connectivity index (χ2v) is 5.37. The Labute approximate surface area is 120 Å². The lowest BCUT2D eigenvalue weighted by molar-refractivity contribution is 0.0691. The van der Waals surface area contributed by atoms with Gasteiger partial charge in [0.2, 0.25) is 0 Å². The second-order valence-electron chi connectivity index (χ2n) is 5.37. The first-order chi connectivity index (χ1) is 9.68. The van der Waals surface area contributed by atoms with Crippen molar-refractivity contribution in [2.45, 2.75) is 38.6 Å². The van der Waals surface area contributed by atoms with Gasteiger partial charge >= 0.3 is 5.97 Å². The Kier molecular flexibility index (Phi) is 5.35. The fourth-order valence-electron chi connectivity index (χ4n) is 2.71. The van der Waals surface area contributed by atoms with Crippen LogP contribution in [0.5, 0.6) is 0 Å². The molecule has 0 spiro atoms. The summed E-state index contributed by atoms with van der Waals surface area (Å²) in [5.41, 5.74) is 0.700. The highest BCUT2D eigenvalue weighted by molar-refractivity contribution is 5.91. The van der Waals surface area contributed by atoms with E-state index < -0.39 is 5.97 Å². The monoisotopic (exact) mass is 277 g/mol. The molecule has 1 aromatic heterocycles. The number of anilines is 1. The summed E-state index contributed by atoms with van der Waals surface area (Å²) in [6.07, 6.45) is 6.44. The van der Waals surface area contributed by atoms with Crippen molar-refractivity contribution in [3.63, 3.8) is 0 Å². The molecule has 2 rings (SSSR count). The summed E-state index contributed by atoms with van der Waals surface area (Å²) < 4.78 is 0. The molecule has 0 amide bonds. The van der Waals surface area contributed by atoms with Crippen molar-refractivity contribution < 1.29 is 9.90 Å². The maximum atomic E-state index is 11.0. The van der Waals surface area contributed by atoms with E-state index in [1.54, 1.807) is 12.1 Å². The predicted molar refractivity (Wildman–Crippen MR) is 79.2 cm³/mol. The minimum atomic E-state index is -0.988. The number of pyridine rings is 1. The third-order valence-corrected chi connectivity index (χ3v) is 3.89. The quantitative estimate of drug-likeness (QED) is 0.782. The van der Waals surface area contributed by atoms with Gasteiger partial charge in [0.05, 0.1) is 5.69 Å². The van der Waals surface area contributed by atoms with E-state index in [0.29, 0.717) is 11.7 Å². The van der Waals surface area contributed by atoms with Crippen LogP contribution in [0, 0.1) is 0 Å². The number of nitrogens with one attached hydrogen (secondary N) is 1. The standard InChI is InChI=1S/C15H23N3O2/c1-12-6-2-3-10-18(12)11-5-9-16-13-7-4-8-17-14(13)15(19)20/h4,7-8,12,16H,2-3,5-6,9-11H2,1H3,(H,19,20). The zero-order valence-electron chi connectivity index (χ0n) is 12.0. The average molecular weight is 277 g/mol. The van der Waals surface area contributed by atoms with Gasteiger partial charge in [-0.1, -0.05) is 6.42 Å². The average Bonchev–Trinajstić information content (AvgIpc) is 2.45. The molecule has 0 aromatic carbocycles. The number of aromatic carboxylic acids is 1. The Morgan fingerprint density at radius 3 is 3.15 bits per heavy atom. The fourth-order valence-corrected chi connectivity index (χ4v) is 2.71. The summed E-state index contributed by atoms with van der Waals surface area (Å²) in [5.74, 6) is -0.988. The van der Waals surface area contributed by atoms with E-state index in [2.05, 4.69) is 22.1 Å². The van der Waals surface area contributed by atoms with Crippen molar-refractivity contribution in [2.75, 3.05) is 25.0 Å². The van der Waals surface area contributed by atoms with Crippen LogP contribution < -0.4 is 5.32 Å². The number of carbonyl (C=O) groups is 1. The SMILES string of the molecule is CC1CCCCN1CCCNc1cccnc1C(=O)O. The number of hydrogen-bond acceptors (Lipinski definition) is 4. The fraction of sp³-hybridized carbons (Fsp3) is 0.600. The van der Waals surface area contributed by atoms with Crippen LogP contribution in [0.15, 0.2) is 18.3 Å². The lowest BCUT2D eigenvalue weighted by Crippen LogP contribution is -2.38. The summed E-state index contributed by atoms with van der Waals surface area (Å²) in [4.78, 5) is 17.4. The zero-order chi connectivity index (χ0) is 14.4. The molecule has 5 heteroatoms. The lowest BCUT2D eigenvalue weighted by Gasteiger charge is -2.33. The van der Waals surface area contributed by atoms with Gasteiger partial charge in [0.25, 0.3) is 0 Å². The summed E-state index contributed by atoms with van der Waals surface area (Å²) in [7, 11) is 0. The van der Waals surface area contributed by atoms with Gasteiger partial charge in [-0.25, -0.2) is 9.78 Å². The highest BCUT2D eigenvalue weighted by Crippen LogP contribution is 2.16. The van der Waals surface area contributed by atoms with Gasteiger partial charge in [-0.15, -0.1) is 0 Å². The second kappa shape index (κ2) is 7.24. The Morgan fingerprint density at radius 2 is 2.40 bits per heavy atom. The molecule has 1 aliphatic heterocycles. The van der Waals surface area contributed by atoms with E-state index in [0.717, 1.165) is 19.5 Å². The molecule has 0 saturated carbocycles. The summed E-state index contributed by atoms with van der Waals surface area (Å²) in [5, 5.41) is 12.2. The summed E-state index contributed by atoms with van der Waals surface area (Å²) in [6.45, 7) is 5.32. The molecule has 2 N–H and O–H groups in total. The van der Waals surface area contributed by atoms with E-state index in [1.807, 2.05) is 0 Å². The summed E-state index contributed by atoms with van der Waals surface area (Å²) >= 11 is 0. The third kappa shape index (κ3) is 3.93. The van der Waals surface area contributed by atoms with Crippen molar-refractivity contribution in [3.05, 3.63) is 24.0 Å². The number of hydrogen-bond donors (Lipinski definition) is 2. The van der Waals surface area contributed by atoms with Gasteiger partial charge in [0.1, 0.15) is 0 Å². The largest absolute Gasteiger partial charge is 0.476 e. The molecule has 1 saturated heterocycles. The molecule has 1 atom stereocenters. The van der Waals surface area contributed by atoms with Crippen LogP contribution in [0.25, 0.3) is 0 Å². The molecular formula is C15H23N3O2. The van der Waals surface area contributed by atoms with Crippen molar-refractivity contribution in [3.8, 4) is 0 Å². The van der Waals surface area contributed by atoms with Gasteiger partial charge in [-0.2, -0.15) is 0 Å². The molecule has 0 aliphatic carbocycles. The van der Waals surface area contributed by atoms with E-state index in [4.69, 9.17) is 5.11 Å². The Balaban J connectivity index is 1.77. The molecule has 20 heavy (non-hydrogen) atoms. The maximum Gasteiger partial charge on any atom is 0.356 e. The molecule has 1 fully saturated rings. The number of nitrogens with zero attached hydrogens (tertiary/aromatic N) is 2. The van der Waals surface area contributed by atoms with E-state index in [9.17, 15) is 4.79 Å². The van der Waals surface area contributed by atoms with Crippen LogP contribution >= 0.6 is 0 Å². The van der Waals surface area contributed by atoms with Crippen LogP contribution in [-0.4, -0.2) is 46.6 Å². The van der Waals surface area contributed by atoms with Crippen LogP contribution in [0.4, 0.5) is 5.69 Å². The highest BCUT2D eigenvalue weighted by atomic mass is 16.4. The smallest absolute Gasteiger partial charge is 0.356 e. The highest BCUT2D eigenvalue weighted by Gasteiger charge is 2.17. The lowest BCUT2D eigenvalue weighted by atomic mass is 10.0. The maximum absolute atomic E-state index is 11.0. The van der Waals surface area contributed by atoms with Gasteiger partial charge in [-0.05, 0) is 44.9 Å².